The van der Waals surface area contributed by atoms with E-state index in [1.807, 2.05) is 0 Å². The van der Waals surface area contributed by atoms with Crippen LogP contribution in [0.4, 0.5) is 0 Å². The molecule has 0 aromatic rings. The second-order valence-corrected chi connectivity index (χ2v) is 4.00. The van der Waals surface area contributed by atoms with Crippen LogP contribution in [-0.2, 0) is 14.3 Å². The summed E-state index contributed by atoms with van der Waals surface area (Å²) < 4.78 is 4.20. The standard InChI is InChI=1S/C6H12B2O12.2Na/c9-1-2(10)4(12)6(18-7(14)15,5(13)3(1)11)19-20-8(16)17;;/h1-5,9-15H;;/q-2;2*+1. The molecular formula is C6H12B2Na2O12. The first-order valence-corrected chi connectivity index (χ1v) is 5.24. The Labute approximate surface area is 169 Å². The summed E-state index contributed by atoms with van der Waals surface area (Å²) in [5.41, 5.74) is 0. The van der Waals surface area contributed by atoms with Crippen LogP contribution in [-0.4, -0.2) is 86.5 Å². The fraction of sp³-hybridized carbons (Fsp3) is 1.00. The van der Waals surface area contributed by atoms with E-state index in [2.05, 4.69) is 14.3 Å². The quantitative estimate of drug-likeness (QED) is 0.107. The molecule has 4 atom stereocenters. The van der Waals surface area contributed by atoms with Crippen LogP contribution in [0.25, 0.3) is 0 Å². The normalized spacial score (nSPS) is 37.8. The molecule has 0 heterocycles. The largest absolute Gasteiger partial charge is 1.00 e. The van der Waals surface area contributed by atoms with Gasteiger partial charge in [0.1, 0.15) is 37.8 Å². The summed E-state index contributed by atoms with van der Waals surface area (Å²) in [7, 11) is -5.79. The van der Waals surface area contributed by atoms with Crippen molar-refractivity contribution in [2.45, 2.75) is 36.3 Å². The van der Waals surface area contributed by atoms with Crippen LogP contribution < -0.4 is 69.2 Å². The zero-order chi connectivity index (χ0) is 15.7. The van der Waals surface area contributed by atoms with Crippen molar-refractivity contribution in [3.8, 4) is 0 Å². The van der Waals surface area contributed by atoms with Gasteiger partial charge in [0, 0.05) is 0 Å². The second-order valence-electron chi connectivity index (χ2n) is 4.00. The molecular weight excluding hydrogens is 332 g/mol. The summed E-state index contributed by atoms with van der Waals surface area (Å²) in [5, 5.41) is 85.4. The number of hydrogen-bond acceptors (Lipinski definition) is 12. The van der Waals surface area contributed by atoms with Crippen molar-refractivity contribution in [1.82, 2.24) is 0 Å². The van der Waals surface area contributed by atoms with Gasteiger partial charge in [0.15, 0.2) is 0 Å². The Morgan fingerprint density at radius 3 is 1.55 bits per heavy atom. The van der Waals surface area contributed by atoms with Crippen LogP contribution in [0.1, 0.15) is 0 Å². The molecule has 22 heavy (non-hydrogen) atoms. The molecule has 0 spiro atoms. The van der Waals surface area contributed by atoms with Crippen molar-refractivity contribution in [2.24, 2.45) is 0 Å². The van der Waals surface area contributed by atoms with Crippen molar-refractivity contribution in [3.63, 3.8) is 0 Å². The number of rotatable bonds is 5. The summed E-state index contributed by atoms with van der Waals surface area (Å²) in [6.45, 7) is 0. The second kappa shape index (κ2) is 10.6. The summed E-state index contributed by atoms with van der Waals surface area (Å²) in [6.07, 6.45) is -11.2. The van der Waals surface area contributed by atoms with Gasteiger partial charge in [-0.1, -0.05) is 0 Å². The Morgan fingerprint density at radius 1 is 0.818 bits per heavy atom. The molecule has 12 nitrogen and oxygen atoms in total. The number of aliphatic hydroxyl groups excluding tert-OH is 5. The van der Waals surface area contributed by atoms with E-state index in [1.54, 1.807) is 0 Å². The van der Waals surface area contributed by atoms with Gasteiger partial charge in [0.2, 0.25) is 5.79 Å². The third kappa shape index (κ3) is 5.59. The molecule has 0 aromatic carbocycles. The van der Waals surface area contributed by atoms with Crippen molar-refractivity contribution in [1.29, 1.82) is 0 Å². The zero-order valence-corrected chi connectivity index (χ0v) is 15.7. The van der Waals surface area contributed by atoms with Gasteiger partial charge in [-0.3, -0.25) is 0 Å². The van der Waals surface area contributed by atoms with E-state index in [9.17, 15) is 35.6 Å². The summed E-state index contributed by atoms with van der Waals surface area (Å²) >= 11 is 0. The maximum atomic E-state index is 10.2. The molecule has 4 unspecified atom stereocenters. The molecule has 1 rings (SSSR count). The van der Waals surface area contributed by atoms with E-state index in [0.29, 0.717) is 0 Å². The van der Waals surface area contributed by atoms with Crippen LogP contribution in [0.5, 0.6) is 0 Å². The topological polar surface area (TPSA) is 215 Å². The molecule has 1 aliphatic rings. The Kier molecular flexibility index (Phi) is 12.5. The Bertz CT molecular complexity index is 308. The predicted octanol–water partition coefficient (Wildman–Crippen LogP) is -13.9. The average molecular weight is 344 g/mol. The Balaban J connectivity index is 0. The minimum atomic E-state index is -3.10. The number of aliphatic hydroxyl groups is 5. The van der Waals surface area contributed by atoms with Gasteiger partial charge in [-0.25, -0.2) is 4.89 Å². The third-order valence-corrected chi connectivity index (χ3v) is 2.72. The molecule has 0 amide bonds. The molecule has 0 bridgehead atoms. The van der Waals surface area contributed by atoms with Crippen molar-refractivity contribution >= 4 is 14.6 Å². The molecule has 1 saturated carbocycles. The molecule has 0 radical (unpaired) electrons. The molecule has 0 aromatic heterocycles. The minimum absolute atomic E-state index is 0. The fourth-order valence-corrected chi connectivity index (χ4v) is 1.76. The summed E-state index contributed by atoms with van der Waals surface area (Å²) in [4.78, 5) is 7.63. The molecule has 16 heteroatoms. The zero-order valence-electron chi connectivity index (χ0n) is 11.7. The molecule has 116 valence electrons. The Hall–Kier alpha value is 1.65. The fourth-order valence-electron chi connectivity index (χ4n) is 1.76. The van der Waals surface area contributed by atoms with Gasteiger partial charge in [-0.2, -0.15) is 0 Å². The van der Waals surface area contributed by atoms with E-state index >= 15 is 0 Å². The smallest absolute Gasteiger partial charge is 0.868 e. The average Bonchev–Trinajstić information content (AvgIpc) is 2.37. The van der Waals surface area contributed by atoms with Crippen LogP contribution in [0, 0.1) is 0 Å². The molecule has 1 fully saturated rings. The van der Waals surface area contributed by atoms with Crippen molar-refractivity contribution in [3.05, 3.63) is 0 Å². The maximum absolute atomic E-state index is 10.2. The number of hydrogen-bond donors (Lipinski definition) is 7. The minimum Gasteiger partial charge on any atom is -0.868 e. The van der Waals surface area contributed by atoms with E-state index < -0.39 is 50.9 Å². The van der Waals surface area contributed by atoms with Crippen LogP contribution in [0.15, 0.2) is 0 Å². The third-order valence-electron chi connectivity index (χ3n) is 2.72. The molecule has 1 aliphatic carbocycles. The van der Waals surface area contributed by atoms with Crippen LogP contribution in [0.2, 0.25) is 0 Å². The van der Waals surface area contributed by atoms with E-state index in [-0.39, 0.29) is 59.1 Å². The van der Waals surface area contributed by atoms with Gasteiger partial charge < -0.3 is 55.1 Å². The SMILES string of the molecule is [Na+].[Na+].[O-]B([O-])OOC1(OB(O)O)C(O)C(O)C(O)C(O)C1O. The van der Waals surface area contributed by atoms with E-state index in [0.717, 1.165) is 0 Å². The first-order chi connectivity index (χ1) is 9.13. The first-order valence-electron chi connectivity index (χ1n) is 5.24. The molecule has 0 aliphatic heterocycles. The van der Waals surface area contributed by atoms with Crippen molar-refractivity contribution in [2.75, 3.05) is 0 Å². The summed E-state index contributed by atoms with van der Waals surface area (Å²) in [6, 6.07) is 0. The van der Waals surface area contributed by atoms with Gasteiger partial charge >= 0.3 is 66.4 Å². The van der Waals surface area contributed by atoms with Gasteiger partial charge in [0.05, 0.1) is 0 Å². The van der Waals surface area contributed by atoms with Crippen molar-refractivity contribution < 1.29 is 119 Å². The maximum Gasteiger partial charge on any atom is 1.00 e. The van der Waals surface area contributed by atoms with E-state index in [1.165, 1.54) is 0 Å². The van der Waals surface area contributed by atoms with Gasteiger partial charge in [0.25, 0.3) is 0 Å². The molecule has 7 N–H and O–H groups in total. The predicted molar refractivity (Wildman–Crippen MR) is 52.0 cm³/mol. The Morgan fingerprint density at radius 2 is 1.23 bits per heavy atom. The van der Waals surface area contributed by atoms with Crippen LogP contribution in [0.3, 0.4) is 0 Å². The van der Waals surface area contributed by atoms with Crippen LogP contribution >= 0.6 is 0 Å². The van der Waals surface area contributed by atoms with Gasteiger partial charge in [-0.15, -0.1) is 0 Å². The molecule has 0 saturated heterocycles. The van der Waals surface area contributed by atoms with Gasteiger partial charge in [-0.05, 0) is 0 Å². The first kappa shape index (κ1) is 25.9. The monoisotopic (exact) mass is 344 g/mol. The van der Waals surface area contributed by atoms with E-state index in [4.69, 9.17) is 10.0 Å². The summed E-state index contributed by atoms with van der Waals surface area (Å²) in [5.74, 6) is -3.10.